The first-order valence-electron chi connectivity index (χ1n) is 6.92. The van der Waals surface area contributed by atoms with Crippen LogP contribution in [-0.4, -0.2) is 51.1 Å². The zero-order valence-corrected chi connectivity index (χ0v) is 13.1. The Morgan fingerprint density at radius 3 is 2.71 bits per heavy atom. The number of nitrogens with zero attached hydrogens (tertiary/aromatic N) is 2. The average molecular weight is 292 g/mol. The highest BCUT2D eigenvalue weighted by Crippen LogP contribution is 2.12. The summed E-state index contributed by atoms with van der Waals surface area (Å²) >= 11 is 0. The summed E-state index contributed by atoms with van der Waals surface area (Å²) in [5, 5.41) is 6.13. The number of benzene rings is 1. The lowest BCUT2D eigenvalue weighted by Crippen LogP contribution is -2.42. The van der Waals surface area contributed by atoms with Crippen molar-refractivity contribution < 1.29 is 9.53 Å². The molecule has 0 spiro atoms. The summed E-state index contributed by atoms with van der Waals surface area (Å²) in [5.74, 6) is 1.43. The van der Waals surface area contributed by atoms with E-state index in [0.29, 0.717) is 12.5 Å². The average Bonchev–Trinajstić information content (AvgIpc) is 2.49. The van der Waals surface area contributed by atoms with Gasteiger partial charge < -0.3 is 20.3 Å². The van der Waals surface area contributed by atoms with Crippen molar-refractivity contribution in [2.24, 2.45) is 4.99 Å². The molecule has 0 saturated heterocycles. The normalized spacial score (nSPS) is 11.0. The van der Waals surface area contributed by atoms with Crippen LogP contribution in [0.3, 0.4) is 0 Å². The molecular formula is C15H24N4O2. The standard InChI is InChI=1S/C15H24N4O2/c1-5-16-15(18-11-14(20)19(2)3)17-10-12-7-6-8-13(9-12)21-4/h6-9H,5,10-11H2,1-4H3,(H2,16,17,18). The molecule has 1 rings (SSSR count). The van der Waals surface area contributed by atoms with E-state index in [1.165, 1.54) is 0 Å². The van der Waals surface area contributed by atoms with E-state index in [-0.39, 0.29) is 12.5 Å². The number of hydrogen-bond donors (Lipinski definition) is 2. The third-order valence-electron chi connectivity index (χ3n) is 2.80. The first-order chi connectivity index (χ1) is 10.1. The lowest BCUT2D eigenvalue weighted by atomic mass is 10.2. The van der Waals surface area contributed by atoms with E-state index in [4.69, 9.17) is 4.74 Å². The van der Waals surface area contributed by atoms with Gasteiger partial charge in [0.05, 0.1) is 20.2 Å². The summed E-state index contributed by atoms with van der Waals surface area (Å²) < 4.78 is 5.18. The molecule has 21 heavy (non-hydrogen) atoms. The summed E-state index contributed by atoms with van der Waals surface area (Å²) in [6.45, 7) is 3.45. The van der Waals surface area contributed by atoms with Gasteiger partial charge in [-0.25, -0.2) is 4.99 Å². The van der Waals surface area contributed by atoms with Crippen LogP contribution in [0.4, 0.5) is 0 Å². The van der Waals surface area contributed by atoms with Crippen molar-refractivity contribution >= 4 is 11.9 Å². The maximum absolute atomic E-state index is 11.6. The van der Waals surface area contributed by atoms with Crippen molar-refractivity contribution in [3.05, 3.63) is 29.8 Å². The maximum atomic E-state index is 11.6. The van der Waals surface area contributed by atoms with Gasteiger partial charge in [-0.15, -0.1) is 0 Å². The Hall–Kier alpha value is -2.24. The number of amides is 1. The number of nitrogens with one attached hydrogen (secondary N) is 2. The van der Waals surface area contributed by atoms with Gasteiger partial charge in [0.15, 0.2) is 5.96 Å². The minimum absolute atomic E-state index is 0.00184. The van der Waals surface area contributed by atoms with E-state index < -0.39 is 0 Å². The van der Waals surface area contributed by atoms with E-state index in [9.17, 15) is 4.79 Å². The Morgan fingerprint density at radius 2 is 2.10 bits per heavy atom. The largest absolute Gasteiger partial charge is 0.497 e. The molecule has 0 atom stereocenters. The van der Waals surface area contributed by atoms with Gasteiger partial charge >= 0.3 is 0 Å². The highest BCUT2D eigenvalue weighted by atomic mass is 16.5. The number of aliphatic imine (C=N–C) groups is 1. The van der Waals surface area contributed by atoms with Crippen molar-refractivity contribution in [3.8, 4) is 5.75 Å². The molecule has 0 aromatic heterocycles. The van der Waals surface area contributed by atoms with Gasteiger partial charge in [0, 0.05) is 20.6 Å². The lowest BCUT2D eigenvalue weighted by Gasteiger charge is -2.14. The fourth-order valence-electron chi connectivity index (χ4n) is 1.60. The number of likely N-dealkylation sites (N-methyl/N-ethyl adjacent to an activating group) is 1. The third-order valence-corrected chi connectivity index (χ3v) is 2.80. The van der Waals surface area contributed by atoms with Crippen molar-refractivity contribution in [3.63, 3.8) is 0 Å². The highest BCUT2D eigenvalue weighted by molar-refractivity contribution is 5.86. The number of rotatable bonds is 6. The summed E-state index contributed by atoms with van der Waals surface area (Å²) in [6.07, 6.45) is 0. The Balaban J connectivity index is 2.64. The van der Waals surface area contributed by atoms with Gasteiger partial charge in [-0.2, -0.15) is 0 Å². The molecule has 0 saturated carbocycles. The molecule has 0 heterocycles. The SMILES string of the molecule is CCNC(=NCc1cccc(OC)c1)NCC(=O)N(C)C. The molecule has 0 aliphatic heterocycles. The second kappa shape index (κ2) is 8.84. The smallest absolute Gasteiger partial charge is 0.241 e. The molecule has 6 heteroatoms. The summed E-state index contributed by atoms with van der Waals surface area (Å²) in [4.78, 5) is 17.6. The Bertz CT molecular complexity index is 486. The van der Waals surface area contributed by atoms with E-state index in [2.05, 4.69) is 15.6 Å². The monoisotopic (exact) mass is 292 g/mol. The summed E-state index contributed by atoms with van der Waals surface area (Å²) in [7, 11) is 5.09. The number of methoxy groups -OCH3 is 1. The van der Waals surface area contributed by atoms with Crippen LogP contribution in [-0.2, 0) is 11.3 Å². The van der Waals surface area contributed by atoms with Crippen LogP contribution in [0.2, 0.25) is 0 Å². The Kier molecular flexibility index (Phi) is 7.08. The van der Waals surface area contributed by atoms with Gasteiger partial charge in [0.1, 0.15) is 5.75 Å². The van der Waals surface area contributed by atoms with Crippen LogP contribution in [0.1, 0.15) is 12.5 Å². The van der Waals surface area contributed by atoms with Crippen LogP contribution >= 0.6 is 0 Å². The molecule has 0 unspecified atom stereocenters. The second-order valence-electron chi connectivity index (χ2n) is 4.69. The number of ether oxygens (including phenoxy) is 1. The quantitative estimate of drug-likeness (QED) is 0.602. The maximum Gasteiger partial charge on any atom is 0.241 e. The first kappa shape index (κ1) is 16.8. The first-order valence-corrected chi connectivity index (χ1v) is 6.92. The summed E-state index contributed by atoms with van der Waals surface area (Å²) in [5.41, 5.74) is 1.05. The Morgan fingerprint density at radius 1 is 1.33 bits per heavy atom. The van der Waals surface area contributed by atoms with Crippen molar-refractivity contribution in [1.29, 1.82) is 0 Å². The second-order valence-corrected chi connectivity index (χ2v) is 4.69. The van der Waals surface area contributed by atoms with Crippen molar-refractivity contribution in [2.75, 3.05) is 34.3 Å². The van der Waals surface area contributed by atoms with Gasteiger partial charge in [-0.3, -0.25) is 4.79 Å². The molecule has 1 amide bonds. The zero-order chi connectivity index (χ0) is 15.7. The van der Waals surface area contributed by atoms with Crippen LogP contribution in [0.25, 0.3) is 0 Å². The minimum Gasteiger partial charge on any atom is -0.497 e. The topological polar surface area (TPSA) is 66.0 Å². The molecule has 6 nitrogen and oxygen atoms in total. The lowest BCUT2D eigenvalue weighted by molar-refractivity contribution is -0.127. The molecule has 2 N–H and O–H groups in total. The van der Waals surface area contributed by atoms with Gasteiger partial charge in [0.25, 0.3) is 0 Å². The molecule has 1 aromatic carbocycles. The van der Waals surface area contributed by atoms with Crippen molar-refractivity contribution in [1.82, 2.24) is 15.5 Å². The molecule has 1 aromatic rings. The van der Waals surface area contributed by atoms with E-state index in [1.54, 1.807) is 26.1 Å². The van der Waals surface area contributed by atoms with Crippen LogP contribution in [0.15, 0.2) is 29.3 Å². The number of carbonyl (C=O) groups excluding carboxylic acids is 1. The third kappa shape index (κ3) is 6.16. The van der Waals surface area contributed by atoms with Crippen LogP contribution in [0, 0.1) is 0 Å². The van der Waals surface area contributed by atoms with Crippen molar-refractivity contribution in [2.45, 2.75) is 13.5 Å². The van der Waals surface area contributed by atoms with Gasteiger partial charge in [-0.1, -0.05) is 12.1 Å². The minimum atomic E-state index is 0.00184. The molecule has 116 valence electrons. The molecule has 0 aliphatic carbocycles. The molecule has 0 radical (unpaired) electrons. The van der Waals surface area contributed by atoms with Gasteiger partial charge in [-0.05, 0) is 24.6 Å². The predicted molar refractivity (Wildman–Crippen MR) is 84.5 cm³/mol. The number of carbonyl (C=O) groups is 1. The molecule has 0 fully saturated rings. The number of hydrogen-bond acceptors (Lipinski definition) is 3. The molecule has 0 bridgehead atoms. The highest BCUT2D eigenvalue weighted by Gasteiger charge is 2.05. The summed E-state index contributed by atoms with van der Waals surface area (Å²) in [6, 6.07) is 7.75. The predicted octanol–water partition coefficient (Wildman–Crippen LogP) is 0.839. The Labute approximate surface area is 126 Å². The number of guanidine groups is 1. The van der Waals surface area contributed by atoms with Gasteiger partial charge in [0.2, 0.25) is 5.91 Å². The van der Waals surface area contributed by atoms with Crippen LogP contribution in [0.5, 0.6) is 5.75 Å². The van der Waals surface area contributed by atoms with E-state index in [1.807, 2.05) is 31.2 Å². The molecular weight excluding hydrogens is 268 g/mol. The molecule has 0 aliphatic rings. The fraction of sp³-hybridized carbons (Fsp3) is 0.467. The fourth-order valence-corrected chi connectivity index (χ4v) is 1.60. The zero-order valence-electron chi connectivity index (χ0n) is 13.1. The van der Waals surface area contributed by atoms with E-state index >= 15 is 0 Å². The van der Waals surface area contributed by atoms with E-state index in [0.717, 1.165) is 17.9 Å². The van der Waals surface area contributed by atoms with Crippen LogP contribution < -0.4 is 15.4 Å².